The molecule has 0 unspecified atom stereocenters. The lowest BCUT2D eigenvalue weighted by Crippen LogP contribution is -2.28. The first-order valence-electron chi connectivity index (χ1n) is 10.5. The van der Waals surface area contributed by atoms with Crippen molar-refractivity contribution in [2.75, 3.05) is 0 Å². The zero-order chi connectivity index (χ0) is 21.5. The molecule has 0 N–H and O–H groups in total. The van der Waals surface area contributed by atoms with Crippen LogP contribution in [0.5, 0.6) is 23.0 Å². The third-order valence-corrected chi connectivity index (χ3v) is 8.03. The van der Waals surface area contributed by atoms with Gasteiger partial charge in [0.1, 0.15) is 23.0 Å². The lowest BCUT2D eigenvalue weighted by Gasteiger charge is -2.30. The number of fused-ring (bicyclic) bond motifs is 2. The molecule has 1 aliphatic heterocycles. The summed E-state index contributed by atoms with van der Waals surface area (Å²) in [5.41, 5.74) is 4.92. The van der Waals surface area contributed by atoms with E-state index in [1.165, 1.54) is 38.2 Å². The fraction of sp³-hybridized carbons (Fsp3) is 0.143. The molecule has 0 aliphatic carbocycles. The predicted molar refractivity (Wildman–Crippen MR) is 131 cm³/mol. The maximum Gasteiger partial charge on any atom is 0.135 e. The second-order valence-corrected chi connectivity index (χ2v) is 10.4. The van der Waals surface area contributed by atoms with Gasteiger partial charge < -0.3 is 9.47 Å². The van der Waals surface area contributed by atoms with Crippen LogP contribution >= 0.6 is 7.92 Å². The molecule has 4 aromatic rings. The maximum absolute atomic E-state index is 6.44. The Kier molecular flexibility index (Phi) is 5.04. The number of rotatable bonds is 3. The summed E-state index contributed by atoms with van der Waals surface area (Å²) in [6.07, 6.45) is 0. The van der Waals surface area contributed by atoms with Crippen molar-refractivity contribution < 1.29 is 9.47 Å². The van der Waals surface area contributed by atoms with Crippen LogP contribution in [0.1, 0.15) is 22.3 Å². The summed E-state index contributed by atoms with van der Waals surface area (Å²) >= 11 is 0. The highest BCUT2D eigenvalue weighted by molar-refractivity contribution is 7.80. The first-order valence-corrected chi connectivity index (χ1v) is 11.9. The highest BCUT2D eigenvalue weighted by Gasteiger charge is 2.31. The largest absolute Gasteiger partial charge is 0.457 e. The summed E-state index contributed by atoms with van der Waals surface area (Å²) in [6.45, 7) is 8.51. The van der Waals surface area contributed by atoms with Crippen LogP contribution in [-0.4, -0.2) is 0 Å². The number of hydrogen-bond donors (Lipinski definition) is 0. The first kappa shape index (κ1) is 19.8. The highest BCUT2D eigenvalue weighted by Crippen LogP contribution is 2.47. The maximum atomic E-state index is 6.44. The van der Waals surface area contributed by atoms with E-state index < -0.39 is 7.92 Å². The fourth-order valence-corrected chi connectivity index (χ4v) is 6.70. The molecule has 31 heavy (non-hydrogen) atoms. The summed E-state index contributed by atoms with van der Waals surface area (Å²) in [7, 11) is -0.820. The van der Waals surface area contributed by atoms with Gasteiger partial charge in [0.15, 0.2) is 0 Å². The Balaban J connectivity index is 1.71. The lowest BCUT2D eigenvalue weighted by molar-refractivity contribution is 0.485. The number of ether oxygens (including phenoxy) is 2. The molecule has 0 aromatic heterocycles. The fourth-order valence-electron chi connectivity index (χ4n) is 3.91. The Morgan fingerprint density at radius 1 is 0.548 bits per heavy atom. The van der Waals surface area contributed by atoms with E-state index in [9.17, 15) is 0 Å². The Labute approximate surface area is 185 Å². The van der Waals surface area contributed by atoms with E-state index in [2.05, 4.69) is 94.4 Å². The average Bonchev–Trinajstić information content (AvgIpc) is 2.75. The summed E-state index contributed by atoms with van der Waals surface area (Å²) < 4.78 is 12.8. The van der Waals surface area contributed by atoms with Gasteiger partial charge in [-0.1, -0.05) is 52.6 Å². The minimum Gasteiger partial charge on any atom is -0.457 e. The number of aryl methyl sites for hydroxylation is 4. The molecule has 2 nitrogen and oxygen atoms in total. The van der Waals surface area contributed by atoms with Gasteiger partial charge in [0.05, 0.1) is 0 Å². The molecule has 0 saturated heterocycles. The standard InChI is InChI=1S/C28H25O2P/c1-18-5-10-22(11-6-18)29-23-12-7-19(2)15-26(23)31-27-16-20(3)8-13-24(27)30-25-14-9-21(4)17-28(25)31/h5-17H,1-4H3. The van der Waals surface area contributed by atoms with E-state index in [1.54, 1.807) is 0 Å². The zero-order valence-electron chi connectivity index (χ0n) is 18.3. The summed E-state index contributed by atoms with van der Waals surface area (Å²) in [5.74, 6) is 3.64. The molecular formula is C28H25O2P. The molecule has 0 amide bonds. The van der Waals surface area contributed by atoms with Gasteiger partial charge in [-0.05, 0) is 84.1 Å². The Morgan fingerprint density at radius 2 is 1.03 bits per heavy atom. The lowest BCUT2D eigenvalue weighted by atomic mass is 10.2. The van der Waals surface area contributed by atoms with Crippen molar-refractivity contribution in [1.82, 2.24) is 0 Å². The van der Waals surface area contributed by atoms with Gasteiger partial charge in [-0.2, -0.15) is 0 Å². The van der Waals surface area contributed by atoms with Crippen LogP contribution in [0.2, 0.25) is 0 Å². The van der Waals surface area contributed by atoms with Crippen molar-refractivity contribution in [3.8, 4) is 23.0 Å². The van der Waals surface area contributed by atoms with Crippen molar-refractivity contribution >= 4 is 23.8 Å². The molecule has 0 spiro atoms. The summed E-state index contributed by atoms with van der Waals surface area (Å²) in [5, 5.41) is 3.71. The van der Waals surface area contributed by atoms with E-state index in [-0.39, 0.29) is 0 Å². The molecular weight excluding hydrogens is 399 g/mol. The van der Waals surface area contributed by atoms with Crippen LogP contribution in [0.3, 0.4) is 0 Å². The zero-order valence-corrected chi connectivity index (χ0v) is 19.2. The minimum absolute atomic E-state index is 0.820. The highest BCUT2D eigenvalue weighted by atomic mass is 31.1. The molecule has 1 heterocycles. The van der Waals surface area contributed by atoms with Crippen LogP contribution in [0.25, 0.3) is 0 Å². The van der Waals surface area contributed by atoms with Crippen LogP contribution in [0.4, 0.5) is 0 Å². The predicted octanol–water partition coefficient (Wildman–Crippen LogP) is 6.58. The topological polar surface area (TPSA) is 18.5 Å². The van der Waals surface area contributed by atoms with E-state index >= 15 is 0 Å². The minimum atomic E-state index is -0.820. The van der Waals surface area contributed by atoms with Gasteiger partial charge in [0.25, 0.3) is 0 Å². The molecule has 0 saturated carbocycles. The van der Waals surface area contributed by atoms with E-state index in [0.29, 0.717) is 0 Å². The molecule has 1 aliphatic rings. The SMILES string of the molecule is Cc1ccc(Oc2ccc(C)cc2P2c3cc(C)ccc3Oc3ccc(C)cc32)cc1. The molecule has 0 radical (unpaired) electrons. The second-order valence-electron chi connectivity index (χ2n) is 8.27. The smallest absolute Gasteiger partial charge is 0.135 e. The van der Waals surface area contributed by atoms with Gasteiger partial charge >= 0.3 is 0 Å². The van der Waals surface area contributed by atoms with Crippen molar-refractivity contribution in [1.29, 1.82) is 0 Å². The van der Waals surface area contributed by atoms with Crippen molar-refractivity contribution in [2.45, 2.75) is 27.7 Å². The molecule has 4 aromatic carbocycles. The number of hydrogen-bond acceptors (Lipinski definition) is 2. The van der Waals surface area contributed by atoms with Crippen molar-refractivity contribution in [3.63, 3.8) is 0 Å². The third kappa shape index (κ3) is 3.84. The second kappa shape index (κ2) is 7.87. The van der Waals surface area contributed by atoms with Gasteiger partial charge in [-0.3, -0.25) is 0 Å². The third-order valence-electron chi connectivity index (χ3n) is 5.53. The first-order chi connectivity index (χ1) is 15.0. The van der Waals surface area contributed by atoms with Crippen LogP contribution in [-0.2, 0) is 0 Å². The van der Waals surface area contributed by atoms with Crippen molar-refractivity contribution in [3.05, 3.63) is 101 Å². The van der Waals surface area contributed by atoms with Gasteiger partial charge in [0, 0.05) is 15.9 Å². The molecule has 0 bridgehead atoms. The Morgan fingerprint density at radius 3 is 1.61 bits per heavy atom. The normalized spacial score (nSPS) is 12.6. The van der Waals surface area contributed by atoms with Gasteiger partial charge in [-0.15, -0.1) is 0 Å². The van der Waals surface area contributed by atoms with Crippen LogP contribution in [0.15, 0.2) is 78.9 Å². The molecule has 3 heteroatoms. The molecule has 0 fully saturated rings. The Bertz CT molecular complexity index is 1220. The number of benzene rings is 4. The molecule has 154 valence electrons. The van der Waals surface area contributed by atoms with E-state index in [1.807, 2.05) is 12.1 Å². The summed E-state index contributed by atoms with van der Waals surface area (Å²) in [6, 6.07) is 27.7. The Hall–Kier alpha value is -3.09. The van der Waals surface area contributed by atoms with Crippen molar-refractivity contribution in [2.24, 2.45) is 0 Å². The van der Waals surface area contributed by atoms with Gasteiger partial charge in [-0.25, -0.2) is 0 Å². The van der Waals surface area contributed by atoms with E-state index in [0.717, 1.165) is 23.0 Å². The van der Waals surface area contributed by atoms with Crippen LogP contribution in [0, 0.1) is 27.7 Å². The quantitative estimate of drug-likeness (QED) is 0.305. The van der Waals surface area contributed by atoms with Gasteiger partial charge in [0.2, 0.25) is 0 Å². The van der Waals surface area contributed by atoms with E-state index in [4.69, 9.17) is 9.47 Å². The summed E-state index contributed by atoms with van der Waals surface area (Å²) in [4.78, 5) is 0. The molecule has 0 atom stereocenters. The monoisotopic (exact) mass is 424 g/mol. The van der Waals surface area contributed by atoms with Crippen LogP contribution < -0.4 is 25.4 Å². The average molecular weight is 424 g/mol. The molecule has 5 rings (SSSR count).